The van der Waals surface area contributed by atoms with Crippen LogP contribution in [0.4, 0.5) is 0 Å². The highest BCUT2D eigenvalue weighted by molar-refractivity contribution is 5.82. The molecule has 1 aromatic heterocycles. The van der Waals surface area contributed by atoms with E-state index in [1.807, 2.05) is 12.3 Å². The van der Waals surface area contributed by atoms with E-state index >= 15 is 0 Å². The van der Waals surface area contributed by atoms with E-state index in [0.29, 0.717) is 19.0 Å². The fourth-order valence-corrected chi connectivity index (χ4v) is 2.39. The lowest BCUT2D eigenvalue weighted by Gasteiger charge is -2.29. The van der Waals surface area contributed by atoms with Gasteiger partial charge in [0.1, 0.15) is 0 Å². The molecule has 0 saturated carbocycles. The molecule has 0 spiro atoms. The molecule has 2 rings (SSSR count). The summed E-state index contributed by atoms with van der Waals surface area (Å²) in [6.45, 7) is 4.51. The lowest BCUT2D eigenvalue weighted by atomic mass is 10.1. The number of carbonyl (C=O) groups is 1. The summed E-state index contributed by atoms with van der Waals surface area (Å²) in [5.74, 6) is 0.243. The number of rotatable bonds is 5. The standard InChI is InChI=1S/C15H23N3O/c1-2-12-3-4-14(17-10-12)9-15(19)11-18-7-5-13(16)6-8-18/h3-4,10,13H,2,5-9,11,16H2,1H3. The van der Waals surface area contributed by atoms with Gasteiger partial charge in [0.15, 0.2) is 5.78 Å². The Hall–Kier alpha value is -1.26. The largest absolute Gasteiger partial charge is 0.328 e. The van der Waals surface area contributed by atoms with Gasteiger partial charge in [-0.15, -0.1) is 0 Å². The predicted molar refractivity (Wildman–Crippen MR) is 76.0 cm³/mol. The van der Waals surface area contributed by atoms with Gasteiger partial charge in [0.05, 0.1) is 13.0 Å². The van der Waals surface area contributed by atoms with E-state index in [-0.39, 0.29) is 5.78 Å². The van der Waals surface area contributed by atoms with Crippen molar-refractivity contribution in [1.29, 1.82) is 0 Å². The number of Topliss-reactive ketones (excluding diaryl/α,β-unsaturated/α-hetero) is 1. The molecule has 0 amide bonds. The van der Waals surface area contributed by atoms with Gasteiger partial charge in [-0.25, -0.2) is 0 Å². The molecule has 0 atom stereocenters. The molecule has 2 heterocycles. The maximum absolute atomic E-state index is 12.0. The number of likely N-dealkylation sites (tertiary alicyclic amines) is 1. The maximum Gasteiger partial charge on any atom is 0.152 e. The molecule has 104 valence electrons. The Balaban J connectivity index is 1.80. The highest BCUT2D eigenvalue weighted by Crippen LogP contribution is 2.09. The van der Waals surface area contributed by atoms with Gasteiger partial charge in [-0.1, -0.05) is 13.0 Å². The third-order valence-electron chi connectivity index (χ3n) is 3.70. The summed E-state index contributed by atoms with van der Waals surface area (Å²) in [4.78, 5) is 18.5. The van der Waals surface area contributed by atoms with Gasteiger partial charge in [-0.05, 0) is 30.9 Å². The van der Waals surface area contributed by atoms with Crippen LogP contribution in [0.5, 0.6) is 0 Å². The molecule has 19 heavy (non-hydrogen) atoms. The Kier molecular flexibility index (Phi) is 5.05. The van der Waals surface area contributed by atoms with Crippen LogP contribution in [-0.2, 0) is 17.6 Å². The average molecular weight is 261 g/mol. The van der Waals surface area contributed by atoms with E-state index in [1.54, 1.807) is 0 Å². The number of piperidine rings is 1. The van der Waals surface area contributed by atoms with E-state index in [9.17, 15) is 4.79 Å². The van der Waals surface area contributed by atoms with Crippen LogP contribution in [0.3, 0.4) is 0 Å². The quantitative estimate of drug-likeness (QED) is 0.864. The highest BCUT2D eigenvalue weighted by atomic mass is 16.1. The lowest BCUT2D eigenvalue weighted by Crippen LogP contribution is -2.42. The molecule has 4 heteroatoms. The van der Waals surface area contributed by atoms with Crippen LogP contribution in [-0.4, -0.2) is 41.3 Å². The van der Waals surface area contributed by atoms with Gasteiger partial charge in [0.2, 0.25) is 0 Å². The zero-order valence-corrected chi connectivity index (χ0v) is 11.6. The minimum atomic E-state index is 0.243. The van der Waals surface area contributed by atoms with Gasteiger partial charge in [-0.2, -0.15) is 0 Å². The fourth-order valence-electron chi connectivity index (χ4n) is 2.39. The summed E-state index contributed by atoms with van der Waals surface area (Å²) >= 11 is 0. The molecule has 1 fully saturated rings. The van der Waals surface area contributed by atoms with Crippen LogP contribution in [0.15, 0.2) is 18.3 Å². The molecule has 0 aliphatic carbocycles. The molecular weight excluding hydrogens is 238 g/mol. The number of nitrogens with zero attached hydrogens (tertiary/aromatic N) is 2. The van der Waals surface area contributed by atoms with E-state index in [4.69, 9.17) is 5.73 Å². The van der Waals surface area contributed by atoms with Gasteiger partial charge >= 0.3 is 0 Å². The van der Waals surface area contributed by atoms with Crippen molar-refractivity contribution in [2.24, 2.45) is 5.73 Å². The van der Waals surface area contributed by atoms with Crippen molar-refractivity contribution in [2.75, 3.05) is 19.6 Å². The van der Waals surface area contributed by atoms with Crippen molar-refractivity contribution in [3.05, 3.63) is 29.6 Å². The number of aryl methyl sites for hydroxylation is 1. The number of hydrogen-bond donors (Lipinski definition) is 1. The third kappa shape index (κ3) is 4.40. The van der Waals surface area contributed by atoms with E-state index in [2.05, 4.69) is 22.9 Å². The minimum absolute atomic E-state index is 0.243. The molecule has 1 aromatic rings. The van der Waals surface area contributed by atoms with E-state index in [0.717, 1.165) is 38.0 Å². The molecule has 1 aliphatic heterocycles. The maximum atomic E-state index is 12.0. The van der Waals surface area contributed by atoms with Gasteiger partial charge < -0.3 is 5.73 Å². The van der Waals surface area contributed by atoms with Gasteiger partial charge in [-0.3, -0.25) is 14.7 Å². The topological polar surface area (TPSA) is 59.2 Å². The molecule has 0 aromatic carbocycles. The second-order valence-electron chi connectivity index (χ2n) is 5.34. The summed E-state index contributed by atoms with van der Waals surface area (Å²) in [7, 11) is 0. The fraction of sp³-hybridized carbons (Fsp3) is 0.600. The SMILES string of the molecule is CCc1ccc(CC(=O)CN2CCC(N)CC2)nc1. The molecule has 1 aliphatic rings. The van der Waals surface area contributed by atoms with Gasteiger partial charge in [0.25, 0.3) is 0 Å². The van der Waals surface area contributed by atoms with Crippen LogP contribution in [0.2, 0.25) is 0 Å². The summed E-state index contributed by atoms with van der Waals surface area (Å²) < 4.78 is 0. The summed E-state index contributed by atoms with van der Waals surface area (Å²) in [6.07, 6.45) is 5.28. The molecule has 0 radical (unpaired) electrons. The van der Waals surface area contributed by atoms with Crippen LogP contribution in [0, 0.1) is 0 Å². The minimum Gasteiger partial charge on any atom is -0.328 e. The van der Waals surface area contributed by atoms with E-state index < -0.39 is 0 Å². The Morgan fingerprint density at radius 1 is 1.42 bits per heavy atom. The van der Waals surface area contributed by atoms with Crippen LogP contribution < -0.4 is 5.73 Å². The summed E-state index contributed by atoms with van der Waals surface area (Å²) in [5.41, 5.74) is 7.94. The second-order valence-corrected chi connectivity index (χ2v) is 5.34. The van der Waals surface area contributed by atoms with Crippen LogP contribution >= 0.6 is 0 Å². The third-order valence-corrected chi connectivity index (χ3v) is 3.70. The smallest absolute Gasteiger partial charge is 0.152 e. The lowest BCUT2D eigenvalue weighted by molar-refractivity contribution is -0.119. The number of aromatic nitrogens is 1. The van der Waals surface area contributed by atoms with Crippen molar-refractivity contribution in [3.63, 3.8) is 0 Å². The molecule has 4 nitrogen and oxygen atoms in total. The van der Waals surface area contributed by atoms with Crippen molar-refractivity contribution < 1.29 is 4.79 Å². The molecular formula is C15H23N3O. The van der Waals surface area contributed by atoms with Crippen molar-refractivity contribution in [2.45, 2.75) is 38.6 Å². The average Bonchev–Trinajstić information content (AvgIpc) is 2.42. The highest BCUT2D eigenvalue weighted by Gasteiger charge is 2.18. The summed E-state index contributed by atoms with van der Waals surface area (Å²) in [5, 5.41) is 0. The number of carbonyl (C=O) groups excluding carboxylic acids is 1. The van der Waals surface area contributed by atoms with E-state index in [1.165, 1.54) is 5.56 Å². The van der Waals surface area contributed by atoms with Crippen LogP contribution in [0.25, 0.3) is 0 Å². The first-order valence-corrected chi connectivity index (χ1v) is 7.11. The predicted octanol–water partition coefficient (Wildman–Crippen LogP) is 1.18. The summed E-state index contributed by atoms with van der Waals surface area (Å²) in [6, 6.07) is 4.33. The second kappa shape index (κ2) is 6.78. The Labute approximate surface area is 115 Å². The molecule has 2 N–H and O–H groups in total. The normalized spacial score (nSPS) is 17.6. The van der Waals surface area contributed by atoms with Crippen molar-refractivity contribution in [1.82, 2.24) is 9.88 Å². The zero-order chi connectivity index (χ0) is 13.7. The molecule has 0 bridgehead atoms. The van der Waals surface area contributed by atoms with Crippen molar-refractivity contribution in [3.8, 4) is 0 Å². The van der Waals surface area contributed by atoms with Crippen LogP contribution in [0.1, 0.15) is 31.0 Å². The number of ketones is 1. The first-order chi connectivity index (χ1) is 9.17. The number of hydrogen-bond acceptors (Lipinski definition) is 4. The number of pyridine rings is 1. The monoisotopic (exact) mass is 261 g/mol. The Bertz CT molecular complexity index is 408. The number of nitrogens with two attached hydrogens (primary N) is 1. The molecule has 0 unspecified atom stereocenters. The van der Waals surface area contributed by atoms with Gasteiger partial charge in [0, 0.05) is 31.0 Å². The van der Waals surface area contributed by atoms with Crippen molar-refractivity contribution >= 4 is 5.78 Å². The Morgan fingerprint density at radius 3 is 2.74 bits per heavy atom. The zero-order valence-electron chi connectivity index (χ0n) is 11.6. The Morgan fingerprint density at radius 2 is 2.16 bits per heavy atom. The molecule has 1 saturated heterocycles. The first-order valence-electron chi connectivity index (χ1n) is 7.11. The first kappa shape index (κ1) is 14.2.